The van der Waals surface area contributed by atoms with E-state index in [4.69, 9.17) is 4.98 Å². The summed E-state index contributed by atoms with van der Waals surface area (Å²) in [5, 5.41) is 0. The largest absolute Gasteiger partial charge is 0.343 e. The van der Waals surface area contributed by atoms with E-state index in [1.807, 2.05) is 11.3 Å². The highest BCUT2D eigenvalue weighted by atomic mass is 32.1. The monoisotopic (exact) mass is 357 g/mol. The van der Waals surface area contributed by atoms with Crippen molar-refractivity contribution in [2.45, 2.75) is 58.8 Å². The second kappa shape index (κ2) is 6.60. The van der Waals surface area contributed by atoms with Crippen LogP contribution in [0.25, 0.3) is 4.83 Å². The minimum atomic E-state index is 0.337. The van der Waals surface area contributed by atoms with Crippen molar-refractivity contribution in [3.05, 3.63) is 34.2 Å². The third kappa shape index (κ3) is 3.03. The van der Waals surface area contributed by atoms with Crippen LogP contribution in [-0.2, 0) is 4.79 Å². The zero-order valence-electron chi connectivity index (χ0n) is 15.4. The van der Waals surface area contributed by atoms with Crippen molar-refractivity contribution in [1.29, 1.82) is 0 Å². The lowest BCUT2D eigenvalue weighted by Gasteiger charge is -2.32. The molecule has 1 amide bonds. The van der Waals surface area contributed by atoms with Crippen molar-refractivity contribution in [2.75, 3.05) is 13.1 Å². The number of nitrogens with zero attached hydrogens (tertiary/aromatic N) is 3. The van der Waals surface area contributed by atoms with E-state index in [9.17, 15) is 4.79 Å². The fourth-order valence-corrected chi connectivity index (χ4v) is 5.50. The molecule has 0 unspecified atom stereocenters. The number of piperidine rings is 1. The third-order valence-electron chi connectivity index (χ3n) is 5.91. The summed E-state index contributed by atoms with van der Waals surface area (Å²) in [5.41, 5.74) is 2.57. The number of carbonyl (C=O) groups excluding carboxylic acids is 1. The SMILES string of the molecule is Cc1sc2c(C3CCN(C(=O)C[C@H]4C=CCC4)CC3)nc(C)n2c1C. The minimum absolute atomic E-state index is 0.337. The van der Waals surface area contributed by atoms with Crippen LogP contribution in [0.3, 0.4) is 0 Å². The van der Waals surface area contributed by atoms with E-state index in [1.165, 1.54) is 21.1 Å². The molecule has 2 aromatic rings. The number of allylic oxidation sites excluding steroid dienone is 2. The quantitative estimate of drug-likeness (QED) is 0.764. The fourth-order valence-electron chi connectivity index (χ4n) is 4.29. The van der Waals surface area contributed by atoms with Crippen LogP contribution < -0.4 is 0 Å². The molecule has 3 heterocycles. The first-order chi connectivity index (χ1) is 12.0. The predicted molar refractivity (Wildman–Crippen MR) is 102 cm³/mol. The molecule has 0 bridgehead atoms. The molecule has 2 aliphatic rings. The maximum Gasteiger partial charge on any atom is 0.223 e. The minimum Gasteiger partial charge on any atom is -0.343 e. The maximum atomic E-state index is 12.5. The highest BCUT2D eigenvalue weighted by Crippen LogP contribution is 2.35. The molecule has 0 saturated carbocycles. The Balaban J connectivity index is 1.44. The summed E-state index contributed by atoms with van der Waals surface area (Å²) >= 11 is 1.86. The van der Waals surface area contributed by atoms with Crippen LogP contribution in [0, 0.1) is 26.7 Å². The van der Waals surface area contributed by atoms with Crippen molar-refractivity contribution in [3.8, 4) is 0 Å². The Morgan fingerprint density at radius 2 is 2.00 bits per heavy atom. The van der Waals surface area contributed by atoms with Crippen LogP contribution in [0.4, 0.5) is 0 Å². The topological polar surface area (TPSA) is 37.6 Å². The molecule has 0 spiro atoms. The molecule has 1 atom stereocenters. The van der Waals surface area contributed by atoms with Crippen LogP contribution >= 0.6 is 11.3 Å². The van der Waals surface area contributed by atoms with Gasteiger partial charge in [0.05, 0.1) is 5.69 Å². The van der Waals surface area contributed by atoms with E-state index in [1.54, 1.807) is 0 Å². The zero-order valence-corrected chi connectivity index (χ0v) is 16.2. The number of likely N-dealkylation sites (tertiary alicyclic amines) is 1. The summed E-state index contributed by atoms with van der Waals surface area (Å²) in [6, 6.07) is 0. The molecule has 25 heavy (non-hydrogen) atoms. The average molecular weight is 358 g/mol. The normalized spacial score (nSPS) is 21.6. The van der Waals surface area contributed by atoms with E-state index in [2.05, 4.69) is 42.2 Å². The Bertz CT molecular complexity index is 824. The molecular weight excluding hydrogens is 330 g/mol. The number of hydrogen-bond donors (Lipinski definition) is 0. The summed E-state index contributed by atoms with van der Waals surface area (Å²) in [6.07, 6.45) is 9.47. The van der Waals surface area contributed by atoms with Gasteiger partial charge in [-0.15, -0.1) is 11.3 Å². The predicted octanol–water partition coefficient (Wildman–Crippen LogP) is 4.38. The van der Waals surface area contributed by atoms with Gasteiger partial charge in [-0.2, -0.15) is 0 Å². The van der Waals surface area contributed by atoms with E-state index < -0.39 is 0 Å². The molecule has 0 aromatic carbocycles. The van der Waals surface area contributed by atoms with Crippen molar-refractivity contribution in [1.82, 2.24) is 14.3 Å². The number of imidazole rings is 1. The third-order valence-corrected chi connectivity index (χ3v) is 7.09. The lowest BCUT2D eigenvalue weighted by molar-refractivity contribution is -0.132. The molecule has 1 aliphatic carbocycles. The number of fused-ring (bicyclic) bond motifs is 1. The van der Waals surface area contributed by atoms with Crippen LogP contribution in [0.1, 0.15) is 60.1 Å². The van der Waals surface area contributed by atoms with Gasteiger partial charge in [-0.25, -0.2) is 4.98 Å². The van der Waals surface area contributed by atoms with Gasteiger partial charge in [-0.1, -0.05) is 12.2 Å². The Morgan fingerprint density at radius 3 is 2.68 bits per heavy atom. The Hall–Kier alpha value is -1.62. The molecule has 1 aliphatic heterocycles. The van der Waals surface area contributed by atoms with Gasteiger partial charge in [-0.3, -0.25) is 9.20 Å². The average Bonchev–Trinajstić information content (AvgIpc) is 3.29. The van der Waals surface area contributed by atoms with Gasteiger partial charge in [0, 0.05) is 36.0 Å². The Morgan fingerprint density at radius 1 is 1.24 bits per heavy atom. The van der Waals surface area contributed by atoms with E-state index in [0.717, 1.165) is 44.6 Å². The number of rotatable bonds is 3. The van der Waals surface area contributed by atoms with Crippen molar-refractivity contribution in [3.63, 3.8) is 0 Å². The molecule has 5 heteroatoms. The van der Waals surface area contributed by atoms with Crippen molar-refractivity contribution < 1.29 is 4.79 Å². The summed E-state index contributed by atoms with van der Waals surface area (Å²) in [5.74, 6) is 2.39. The first kappa shape index (κ1) is 16.8. The van der Waals surface area contributed by atoms with Crippen molar-refractivity contribution >= 4 is 22.1 Å². The molecule has 4 rings (SSSR count). The van der Waals surface area contributed by atoms with Crippen LogP contribution in [0.5, 0.6) is 0 Å². The van der Waals surface area contributed by atoms with Crippen LogP contribution in [-0.4, -0.2) is 33.3 Å². The van der Waals surface area contributed by atoms with Crippen LogP contribution in [0.15, 0.2) is 12.2 Å². The Kier molecular flexibility index (Phi) is 4.44. The number of amides is 1. The van der Waals surface area contributed by atoms with Crippen molar-refractivity contribution in [2.24, 2.45) is 5.92 Å². The molecule has 2 aromatic heterocycles. The molecular formula is C20H27N3OS. The number of carbonyl (C=O) groups is 1. The molecule has 0 N–H and O–H groups in total. The number of aryl methyl sites for hydroxylation is 3. The molecule has 0 radical (unpaired) electrons. The van der Waals surface area contributed by atoms with Gasteiger partial charge < -0.3 is 4.90 Å². The smallest absolute Gasteiger partial charge is 0.223 e. The first-order valence-electron chi connectivity index (χ1n) is 9.44. The molecule has 134 valence electrons. The van der Waals surface area contributed by atoms with Gasteiger partial charge in [0.15, 0.2) is 0 Å². The van der Waals surface area contributed by atoms with E-state index in [-0.39, 0.29) is 0 Å². The van der Waals surface area contributed by atoms with E-state index in [0.29, 0.717) is 24.2 Å². The Labute approximate surface area is 153 Å². The second-order valence-electron chi connectivity index (χ2n) is 7.55. The summed E-state index contributed by atoms with van der Waals surface area (Å²) < 4.78 is 2.30. The summed E-state index contributed by atoms with van der Waals surface area (Å²) in [4.78, 5) is 22.2. The van der Waals surface area contributed by atoms with E-state index >= 15 is 0 Å². The molecule has 4 nitrogen and oxygen atoms in total. The fraction of sp³-hybridized carbons (Fsp3) is 0.600. The maximum absolute atomic E-state index is 12.5. The second-order valence-corrected chi connectivity index (χ2v) is 8.76. The molecule has 1 fully saturated rings. The highest BCUT2D eigenvalue weighted by Gasteiger charge is 2.29. The van der Waals surface area contributed by atoms with Gasteiger partial charge in [0.25, 0.3) is 0 Å². The van der Waals surface area contributed by atoms with Gasteiger partial charge in [-0.05, 0) is 52.4 Å². The van der Waals surface area contributed by atoms with Gasteiger partial charge in [0.1, 0.15) is 10.7 Å². The van der Waals surface area contributed by atoms with Gasteiger partial charge >= 0.3 is 0 Å². The lowest BCUT2D eigenvalue weighted by Crippen LogP contribution is -2.38. The number of aromatic nitrogens is 2. The highest BCUT2D eigenvalue weighted by molar-refractivity contribution is 7.17. The lowest BCUT2D eigenvalue weighted by atomic mass is 9.93. The summed E-state index contributed by atoms with van der Waals surface area (Å²) in [7, 11) is 0. The molecule has 1 saturated heterocycles. The van der Waals surface area contributed by atoms with Crippen LogP contribution in [0.2, 0.25) is 0 Å². The number of thiazole rings is 1. The van der Waals surface area contributed by atoms with Gasteiger partial charge in [0.2, 0.25) is 5.91 Å². The standard InChI is InChI=1S/C20H27N3OS/c1-13-14(2)25-20-19(21-15(3)23(13)20)17-8-10-22(11-9-17)18(24)12-16-6-4-5-7-16/h4,6,16-17H,5,7-12H2,1-3H3/t16-/m0/s1. The number of hydrogen-bond acceptors (Lipinski definition) is 3. The zero-order chi connectivity index (χ0) is 17.6. The first-order valence-corrected chi connectivity index (χ1v) is 10.3. The summed E-state index contributed by atoms with van der Waals surface area (Å²) in [6.45, 7) is 8.22.